The second kappa shape index (κ2) is 7.09. The van der Waals surface area contributed by atoms with Gasteiger partial charge in [-0.25, -0.2) is 0 Å². The van der Waals surface area contributed by atoms with E-state index in [0.717, 1.165) is 12.1 Å². The molecule has 0 radical (unpaired) electrons. The molecule has 5 heteroatoms. The van der Waals surface area contributed by atoms with Crippen LogP contribution in [0.2, 0.25) is 0 Å². The molecule has 0 saturated carbocycles. The predicted octanol–water partition coefficient (Wildman–Crippen LogP) is 1.13. The lowest BCUT2D eigenvalue weighted by Crippen LogP contribution is -2.38. The zero-order chi connectivity index (χ0) is 14.4. The minimum Gasteiger partial charge on any atom is -0.364 e. The fourth-order valence-corrected chi connectivity index (χ4v) is 1.91. The number of aromatic nitrogens is 1. The number of hydrogen-bond donors (Lipinski definition) is 2. The van der Waals surface area contributed by atoms with E-state index < -0.39 is 0 Å². The van der Waals surface area contributed by atoms with E-state index in [0.29, 0.717) is 25.6 Å². The summed E-state index contributed by atoms with van der Waals surface area (Å²) in [6.07, 6.45) is 2.23. The number of hydrogen-bond acceptors (Lipinski definition) is 3. The van der Waals surface area contributed by atoms with Gasteiger partial charge in [0.2, 0.25) is 0 Å². The second-order valence-electron chi connectivity index (χ2n) is 5.18. The summed E-state index contributed by atoms with van der Waals surface area (Å²) in [5.41, 5.74) is 6.20. The Kier molecular flexibility index (Phi) is 5.76. The maximum Gasteiger partial charge on any atom is 0.259 e. The van der Waals surface area contributed by atoms with Crippen molar-refractivity contribution in [3.63, 3.8) is 0 Å². The Labute approximate surface area is 113 Å². The van der Waals surface area contributed by atoms with Crippen LogP contribution < -0.4 is 11.2 Å². The average molecular weight is 265 g/mol. The Morgan fingerprint density at radius 2 is 2.16 bits per heavy atom. The van der Waals surface area contributed by atoms with E-state index in [2.05, 4.69) is 4.98 Å². The predicted molar refractivity (Wildman–Crippen MR) is 76.2 cm³/mol. The number of aromatic amines is 1. The van der Waals surface area contributed by atoms with Gasteiger partial charge in [0, 0.05) is 31.0 Å². The number of carbonyl (C=O) groups is 1. The number of nitrogens with zero attached hydrogens (tertiary/aromatic N) is 1. The maximum absolute atomic E-state index is 12.4. The van der Waals surface area contributed by atoms with Crippen LogP contribution in [-0.2, 0) is 0 Å². The molecule has 1 aromatic rings. The van der Waals surface area contributed by atoms with Crippen LogP contribution in [0.25, 0.3) is 0 Å². The lowest BCUT2D eigenvalue weighted by atomic mass is 10.1. The first-order chi connectivity index (χ1) is 8.95. The van der Waals surface area contributed by atoms with E-state index in [1.54, 1.807) is 11.8 Å². The van der Waals surface area contributed by atoms with Crippen LogP contribution in [0, 0.1) is 12.8 Å². The number of nitrogens with one attached hydrogen (secondary N) is 1. The van der Waals surface area contributed by atoms with Gasteiger partial charge in [-0.3, -0.25) is 9.59 Å². The summed E-state index contributed by atoms with van der Waals surface area (Å²) in [6, 6.07) is 1.45. The van der Waals surface area contributed by atoms with Crippen molar-refractivity contribution in [3.05, 3.63) is 33.7 Å². The average Bonchev–Trinajstić information content (AvgIpc) is 2.33. The molecule has 0 fully saturated rings. The SMILES string of the molecule is Cc1cc(=O)c(C(=O)N(CCCN)CC(C)C)c[nH]1. The summed E-state index contributed by atoms with van der Waals surface area (Å²) in [4.78, 5) is 28.9. The van der Waals surface area contributed by atoms with Gasteiger partial charge in [-0.2, -0.15) is 0 Å². The van der Waals surface area contributed by atoms with Crippen molar-refractivity contribution in [2.75, 3.05) is 19.6 Å². The van der Waals surface area contributed by atoms with E-state index in [1.807, 2.05) is 13.8 Å². The molecule has 0 aliphatic rings. The summed E-state index contributed by atoms with van der Waals surface area (Å²) >= 11 is 0. The number of amides is 1. The molecule has 1 aromatic heterocycles. The second-order valence-corrected chi connectivity index (χ2v) is 5.18. The number of rotatable bonds is 6. The van der Waals surface area contributed by atoms with Crippen molar-refractivity contribution in [1.82, 2.24) is 9.88 Å². The van der Waals surface area contributed by atoms with Crippen LogP contribution in [0.15, 0.2) is 17.1 Å². The lowest BCUT2D eigenvalue weighted by molar-refractivity contribution is 0.0733. The molecule has 0 atom stereocenters. The van der Waals surface area contributed by atoms with Crippen LogP contribution in [0.1, 0.15) is 36.3 Å². The van der Waals surface area contributed by atoms with Crippen LogP contribution in [0.5, 0.6) is 0 Å². The Bertz CT molecular complexity index is 480. The van der Waals surface area contributed by atoms with Gasteiger partial charge in [0.05, 0.1) is 0 Å². The highest BCUT2D eigenvalue weighted by Crippen LogP contribution is 2.05. The number of H-pyrrole nitrogens is 1. The van der Waals surface area contributed by atoms with Crippen molar-refractivity contribution in [2.45, 2.75) is 27.2 Å². The third-order valence-corrected chi connectivity index (χ3v) is 2.79. The van der Waals surface area contributed by atoms with Gasteiger partial charge >= 0.3 is 0 Å². The van der Waals surface area contributed by atoms with Crippen LogP contribution >= 0.6 is 0 Å². The standard InChI is InChI=1S/C14H23N3O2/c1-10(2)9-17(6-4-5-15)14(19)12-8-16-11(3)7-13(12)18/h7-8,10H,4-6,9,15H2,1-3H3,(H,16,18). The molecule has 3 N–H and O–H groups in total. The van der Waals surface area contributed by atoms with Gasteiger partial charge in [0.15, 0.2) is 5.43 Å². The smallest absolute Gasteiger partial charge is 0.259 e. The van der Waals surface area contributed by atoms with E-state index in [9.17, 15) is 9.59 Å². The monoisotopic (exact) mass is 265 g/mol. The van der Waals surface area contributed by atoms with E-state index in [1.165, 1.54) is 12.3 Å². The molecule has 19 heavy (non-hydrogen) atoms. The van der Waals surface area contributed by atoms with Crippen LogP contribution in [0.4, 0.5) is 0 Å². The van der Waals surface area contributed by atoms with Crippen LogP contribution in [0.3, 0.4) is 0 Å². The molecular weight excluding hydrogens is 242 g/mol. The van der Waals surface area contributed by atoms with Gasteiger partial charge in [-0.05, 0) is 25.8 Å². The Hall–Kier alpha value is -1.62. The van der Waals surface area contributed by atoms with Gasteiger partial charge < -0.3 is 15.6 Å². The highest BCUT2D eigenvalue weighted by molar-refractivity contribution is 5.93. The Morgan fingerprint density at radius 3 is 2.68 bits per heavy atom. The van der Waals surface area contributed by atoms with Gasteiger partial charge in [0.1, 0.15) is 5.56 Å². The van der Waals surface area contributed by atoms with Crippen molar-refractivity contribution < 1.29 is 4.79 Å². The summed E-state index contributed by atoms with van der Waals surface area (Å²) in [5.74, 6) is 0.134. The molecule has 5 nitrogen and oxygen atoms in total. The third-order valence-electron chi connectivity index (χ3n) is 2.79. The molecule has 0 aromatic carbocycles. The highest BCUT2D eigenvalue weighted by Gasteiger charge is 2.19. The Morgan fingerprint density at radius 1 is 1.47 bits per heavy atom. The zero-order valence-corrected chi connectivity index (χ0v) is 11.9. The van der Waals surface area contributed by atoms with Crippen molar-refractivity contribution >= 4 is 5.91 Å². The van der Waals surface area contributed by atoms with Crippen LogP contribution in [-0.4, -0.2) is 35.4 Å². The molecular formula is C14H23N3O2. The molecule has 0 aliphatic carbocycles. The summed E-state index contributed by atoms with van der Waals surface area (Å²) in [7, 11) is 0. The quantitative estimate of drug-likeness (QED) is 0.809. The van der Waals surface area contributed by atoms with Gasteiger partial charge in [0.25, 0.3) is 5.91 Å². The topological polar surface area (TPSA) is 79.2 Å². The molecule has 0 saturated heterocycles. The molecule has 0 unspecified atom stereocenters. The first-order valence-electron chi connectivity index (χ1n) is 6.64. The molecule has 1 heterocycles. The lowest BCUT2D eigenvalue weighted by Gasteiger charge is -2.24. The maximum atomic E-state index is 12.4. The highest BCUT2D eigenvalue weighted by atomic mass is 16.2. The molecule has 106 valence electrons. The molecule has 0 spiro atoms. The molecule has 1 amide bonds. The van der Waals surface area contributed by atoms with E-state index >= 15 is 0 Å². The van der Waals surface area contributed by atoms with Gasteiger partial charge in [-0.15, -0.1) is 0 Å². The number of pyridine rings is 1. The molecule has 0 bridgehead atoms. The third kappa shape index (κ3) is 4.52. The summed E-state index contributed by atoms with van der Waals surface area (Å²) in [6.45, 7) is 7.62. The fraction of sp³-hybridized carbons (Fsp3) is 0.571. The minimum absolute atomic E-state index is 0.197. The zero-order valence-electron chi connectivity index (χ0n) is 11.9. The van der Waals surface area contributed by atoms with Gasteiger partial charge in [-0.1, -0.05) is 13.8 Å². The molecule has 1 rings (SSSR count). The van der Waals surface area contributed by atoms with E-state index in [4.69, 9.17) is 5.73 Å². The van der Waals surface area contributed by atoms with Crippen molar-refractivity contribution in [3.8, 4) is 0 Å². The first kappa shape index (κ1) is 15.4. The van der Waals surface area contributed by atoms with E-state index in [-0.39, 0.29) is 16.9 Å². The largest absolute Gasteiger partial charge is 0.364 e. The number of carbonyl (C=O) groups excluding carboxylic acids is 1. The van der Waals surface area contributed by atoms with Crippen molar-refractivity contribution in [1.29, 1.82) is 0 Å². The molecule has 0 aliphatic heterocycles. The first-order valence-corrected chi connectivity index (χ1v) is 6.64. The number of nitrogens with two attached hydrogens (primary N) is 1. The Balaban J connectivity index is 2.94. The number of aryl methyl sites for hydroxylation is 1. The minimum atomic E-state index is -0.234. The summed E-state index contributed by atoms with van der Waals surface area (Å²) in [5, 5.41) is 0. The van der Waals surface area contributed by atoms with Crippen molar-refractivity contribution in [2.24, 2.45) is 11.7 Å². The summed E-state index contributed by atoms with van der Waals surface area (Å²) < 4.78 is 0. The normalized spacial score (nSPS) is 10.8. The fourth-order valence-electron chi connectivity index (χ4n) is 1.91.